The van der Waals surface area contributed by atoms with Crippen LogP contribution in [0.3, 0.4) is 0 Å². The molecule has 0 bridgehead atoms. The molecule has 0 spiro atoms. The van der Waals surface area contributed by atoms with Crippen molar-refractivity contribution in [3.05, 3.63) is 22.7 Å². The zero-order chi connectivity index (χ0) is 14.0. The molecule has 8 nitrogen and oxygen atoms in total. The van der Waals surface area contributed by atoms with Gasteiger partial charge in [0.15, 0.2) is 0 Å². The van der Waals surface area contributed by atoms with E-state index >= 15 is 0 Å². The number of halogens is 2. The molecule has 0 saturated heterocycles. The second-order valence-electron chi connectivity index (χ2n) is 2.87. The first kappa shape index (κ1) is 14.0. The van der Waals surface area contributed by atoms with Crippen molar-refractivity contribution in [1.82, 2.24) is 9.80 Å². The molecule has 0 aromatic heterocycles. The highest BCUT2D eigenvalue weighted by Gasteiger charge is 2.32. The molecule has 2 amide bonds. The molecule has 1 aliphatic heterocycles. The normalized spacial score (nSPS) is 14.8. The molecule has 0 saturated carbocycles. The first-order chi connectivity index (χ1) is 8.25. The molecule has 2 N–H and O–H groups in total. The van der Waals surface area contributed by atoms with Gasteiger partial charge in [-0.2, -0.15) is 0 Å². The molecule has 0 unspecified atom stereocenters. The number of carboxylic acids is 2. The largest absolute Gasteiger partial charge is 0.474 e. The van der Waals surface area contributed by atoms with E-state index in [-0.39, 0.29) is 0 Å². The molecule has 0 aromatic rings. The lowest BCUT2D eigenvalue weighted by Gasteiger charge is -2.25. The number of aliphatic carboxylic acids is 2. The molecular formula is C8H4Cl2N2O6. The smallest absolute Gasteiger partial charge is 0.395 e. The number of carboxylic acid groups (broad SMARTS) is 2. The highest BCUT2D eigenvalue weighted by atomic mass is 35.5. The van der Waals surface area contributed by atoms with Crippen LogP contribution in [-0.4, -0.2) is 43.8 Å². The standard InChI is InChI=1S/C8H4Cl2N2O6/c9-3-1-11(5(13)7(15)16)2-4(10)12(3)6(14)8(17)18/h1-2H,(H,15,16)(H,17,18). The van der Waals surface area contributed by atoms with E-state index in [1.54, 1.807) is 0 Å². The Morgan fingerprint density at radius 1 is 0.889 bits per heavy atom. The van der Waals surface area contributed by atoms with Gasteiger partial charge < -0.3 is 10.2 Å². The van der Waals surface area contributed by atoms with Gasteiger partial charge in [-0.1, -0.05) is 23.2 Å². The van der Waals surface area contributed by atoms with Crippen molar-refractivity contribution in [3.8, 4) is 0 Å². The maximum Gasteiger partial charge on any atom is 0.395 e. The molecule has 10 heteroatoms. The summed E-state index contributed by atoms with van der Waals surface area (Å²) in [6.07, 6.45) is 1.51. The van der Waals surface area contributed by atoms with E-state index in [0.29, 0.717) is 9.80 Å². The summed E-state index contributed by atoms with van der Waals surface area (Å²) < 4.78 is 0. The van der Waals surface area contributed by atoms with Crippen LogP contribution >= 0.6 is 23.2 Å². The van der Waals surface area contributed by atoms with Crippen molar-refractivity contribution < 1.29 is 29.4 Å². The third-order valence-corrected chi connectivity index (χ3v) is 2.26. The molecule has 96 valence electrons. The lowest BCUT2D eigenvalue weighted by molar-refractivity contribution is -0.154. The minimum atomic E-state index is -1.81. The number of carbonyl (C=O) groups is 4. The first-order valence-corrected chi connectivity index (χ1v) is 4.89. The number of rotatable bonds is 0. The van der Waals surface area contributed by atoms with Crippen LogP contribution in [0.1, 0.15) is 0 Å². The Morgan fingerprint density at radius 3 is 1.61 bits per heavy atom. The SMILES string of the molecule is O=C(O)C(=O)N1C=C(Cl)N(C(=O)C(=O)O)C(Cl)=C1. The maximum atomic E-state index is 11.2. The molecule has 0 atom stereocenters. The van der Waals surface area contributed by atoms with Gasteiger partial charge in [-0.05, 0) is 0 Å². The number of carbonyl (C=O) groups excluding carboxylic acids is 2. The van der Waals surface area contributed by atoms with E-state index < -0.39 is 34.1 Å². The van der Waals surface area contributed by atoms with E-state index in [1.165, 1.54) is 0 Å². The van der Waals surface area contributed by atoms with Gasteiger partial charge in [0, 0.05) is 12.4 Å². The highest BCUT2D eigenvalue weighted by Crippen LogP contribution is 2.26. The molecule has 1 aliphatic rings. The van der Waals surface area contributed by atoms with Gasteiger partial charge in [0.25, 0.3) is 0 Å². The summed E-state index contributed by atoms with van der Waals surface area (Å²) in [6.45, 7) is 0. The second kappa shape index (κ2) is 5.07. The summed E-state index contributed by atoms with van der Waals surface area (Å²) in [7, 11) is 0. The average molecular weight is 295 g/mol. The van der Waals surface area contributed by atoms with Crippen LogP contribution in [0, 0.1) is 0 Å². The van der Waals surface area contributed by atoms with Crippen LogP contribution < -0.4 is 0 Å². The minimum Gasteiger partial charge on any atom is -0.474 e. The number of nitrogens with zero attached hydrogens (tertiary/aromatic N) is 2. The van der Waals surface area contributed by atoms with Gasteiger partial charge in [0.05, 0.1) is 0 Å². The Balaban J connectivity index is 3.08. The predicted octanol–water partition coefficient (Wildman–Crippen LogP) is -0.0982. The van der Waals surface area contributed by atoms with E-state index in [9.17, 15) is 19.2 Å². The molecule has 0 radical (unpaired) electrons. The second-order valence-corrected chi connectivity index (χ2v) is 3.64. The van der Waals surface area contributed by atoms with Crippen molar-refractivity contribution in [3.63, 3.8) is 0 Å². The number of hydrogen-bond donors (Lipinski definition) is 2. The Labute approximate surface area is 109 Å². The van der Waals surface area contributed by atoms with Crippen molar-refractivity contribution in [1.29, 1.82) is 0 Å². The molecule has 1 heterocycles. The molecule has 0 fully saturated rings. The quantitative estimate of drug-likeness (QED) is 0.476. The summed E-state index contributed by atoms with van der Waals surface area (Å²) in [4.78, 5) is 44.1. The zero-order valence-electron chi connectivity index (χ0n) is 8.33. The van der Waals surface area contributed by atoms with Crippen LogP contribution in [0.5, 0.6) is 0 Å². The average Bonchev–Trinajstić information content (AvgIpc) is 2.26. The van der Waals surface area contributed by atoms with Gasteiger partial charge in [0.2, 0.25) is 0 Å². The van der Waals surface area contributed by atoms with Gasteiger partial charge in [-0.15, -0.1) is 0 Å². The van der Waals surface area contributed by atoms with Gasteiger partial charge in [-0.25, -0.2) is 14.5 Å². The molecule has 0 aromatic carbocycles. The zero-order valence-corrected chi connectivity index (χ0v) is 9.84. The van der Waals surface area contributed by atoms with E-state index in [1.807, 2.05) is 0 Å². The lowest BCUT2D eigenvalue weighted by Crippen LogP contribution is -2.38. The van der Waals surface area contributed by atoms with Crippen molar-refractivity contribution in [2.24, 2.45) is 0 Å². The summed E-state index contributed by atoms with van der Waals surface area (Å²) >= 11 is 11.1. The van der Waals surface area contributed by atoms with Crippen LogP contribution in [0.2, 0.25) is 0 Å². The Hall–Kier alpha value is -2.06. The van der Waals surface area contributed by atoms with Gasteiger partial charge >= 0.3 is 23.8 Å². The topological polar surface area (TPSA) is 115 Å². The lowest BCUT2D eigenvalue weighted by atomic mass is 10.4. The van der Waals surface area contributed by atoms with Crippen molar-refractivity contribution in [2.75, 3.05) is 0 Å². The van der Waals surface area contributed by atoms with Gasteiger partial charge in [-0.3, -0.25) is 14.5 Å². The summed E-state index contributed by atoms with van der Waals surface area (Å²) in [5.74, 6) is -6.39. The van der Waals surface area contributed by atoms with E-state index in [0.717, 1.165) is 12.4 Å². The van der Waals surface area contributed by atoms with Crippen LogP contribution in [0.4, 0.5) is 0 Å². The van der Waals surface area contributed by atoms with Gasteiger partial charge in [0.1, 0.15) is 10.3 Å². The Morgan fingerprint density at radius 2 is 1.28 bits per heavy atom. The third kappa shape index (κ3) is 2.60. The first-order valence-electron chi connectivity index (χ1n) is 4.13. The fourth-order valence-electron chi connectivity index (χ4n) is 1.00. The summed E-state index contributed by atoms with van der Waals surface area (Å²) in [6, 6.07) is 0. The summed E-state index contributed by atoms with van der Waals surface area (Å²) in [5.41, 5.74) is 0. The molecular weight excluding hydrogens is 291 g/mol. The number of hydrogen-bond acceptors (Lipinski definition) is 4. The van der Waals surface area contributed by atoms with Crippen LogP contribution in [-0.2, 0) is 19.2 Å². The molecule has 0 aliphatic carbocycles. The molecule has 1 rings (SSSR count). The van der Waals surface area contributed by atoms with Crippen molar-refractivity contribution >= 4 is 47.0 Å². The minimum absolute atomic E-state index is 0.400. The molecule has 18 heavy (non-hydrogen) atoms. The van der Waals surface area contributed by atoms with Crippen molar-refractivity contribution in [2.45, 2.75) is 0 Å². The Kier molecular flexibility index (Phi) is 3.94. The Bertz CT molecular complexity index is 492. The van der Waals surface area contributed by atoms with E-state index in [4.69, 9.17) is 33.4 Å². The van der Waals surface area contributed by atoms with E-state index in [2.05, 4.69) is 0 Å². The van der Waals surface area contributed by atoms with Crippen LogP contribution in [0.15, 0.2) is 22.7 Å². The fourth-order valence-corrected chi connectivity index (χ4v) is 1.59. The number of amides is 2. The monoisotopic (exact) mass is 294 g/mol. The highest BCUT2D eigenvalue weighted by molar-refractivity contribution is 6.42. The maximum absolute atomic E-state index is 11.2. The fraction of sp³-hybridized carbons (Fsp3) is 0. The van der Waals surface area contributed by atoms with Crippen LogP contribution in [0.25, 0.3) is 0 Å². The third-order valence-electron chi connectivity index (χ3n) is 1.72. The predicted molar refractivity (Wildman–Crippen MR) is 56.8 cm³/mol. The summed E-state index contributed by atoms with van der Waals surface area (Å²) in [5, 5.41) is 15.9.